The molecule has 254 valence electrons. The molecule has 12 nitrogen and oxygen atoms in total. The number of nitro groups is 1. The maximum absolute atomic E-state index is 13.2. The monoisotopic (exact) mass is 674 g/mol. The SMILES string of the molecule is COc1ccc(C(OC[C@H]2O[C@@H](n3cc4cc(-c5ccc([N+](=O)[O-])cc5)[nH]c4nc3=O)C[C@@H]2O)(c2ccccc2)c2ccc(OC)cc2)cc1. The van der Waals surface area contributed by atoms with Crippen LogP contribution >= 0.6 is 0 Å². The molecule has 12 heteroatoms. The summed E-state index contributed by atoms with van der Waals surface area (Å²) in [6, 6.07) is 33.0. The minimum Gasteiger partial charge on any atom is -0.497 e. The summed E-state index contributed by atoms with van der Waals surface area (Å²) in [5.41, 5.74) is 2.56. The number of non-ortho nitro benzene ring substituents is 1. The zero-order chi connectivity index (χ0) is 34.8. The quantitative estimate of drug-likeness (QED) is 0.0962. The molecule has 50 heavy (non-hydrogen) atoms. The number of nitro benzene ring substituents is 1. The maximum atomic E-state index is 13.2. The molecule has 0 radical (unpaired) electrons. The highest BCUT2D eigenvalue weighted by Crippen LogP contribution is 2.43. The fourth-order valence-corrected chi connectivity index (χ4v) is 6.45. The highest BCUT2D eigenvalue weighted by Gasteiger charge is 2.42. The van der Waals surface area contributed by atoms with Gasteiger partial charge in [-0.1, -0.05) is 54.6 Å². The summed E-state index contributed by atoms with van der Waals surface area (Å²) in [6.07, 6.45) is -0.730. The van der Waals surface area contributed by atoms with Crippen LogP contribution in [0, 0.1) is 10.1 Å². The van der Waals surface area contributed by atoms with E-state index in [1.807, 2.05) is 84.9 Å². The molecule has 1 saturated heterocycles. The van der Waals surface area contributed by atoms with Crippen molar-refractivity contribution in [2.45, 2.75) is 30.5 Å². The normalized spacial score (nSPS) is 17.5. The van der Waals surface area contributed by atoms with Crippen molar-refractivity contribution in [2.75, 3.05) is 20.8 Å². The third kappa shape index (κ3) is 6.11. The molecule has 3 heterocycles. The van der Waals surface area contributed by atoms with Crippen LogP contribution in [0.15, 0.2) is 120 Å². The number of hydrogen-bond donors (Lipinski definition) is 2. The first-order valence-electron chi connectivity index (χ1n) is 16.0. The standard InChI is InChI=1S/C38H34N4O8/c1-47-30-16-10-27(11-17-30)38(26-6-4-3-5-7-26,28-12-18-31(48-2)19-13-28)49-23-34-33(43)21-35(50-34)41-22-25-20-32(39-36(25)40-37(41)44)24-8-14-29(15-9-24)42(45)46/h3-20,22,33-35,43H,21,23H2,1-2H3,(H,39,40,44)/t33-,34+,35+/m0/s1. The molecule has 1 aliphatic rings. The van der Waals surface area contributed by atoms with E-state index >= 15 is 0 Å². The van der Waals surface area contributed by atoms with E-state index in [4.69, 9.17) is 18.9 Å². The van der Waals surface area contributed by atoms with E-state index in [1.54, 1.807) is 32.5 Å². The Morgan fingerprint density at radius 2 is 1.52 bits per heavy atom. The summed E-state index contributed by atoms with van der Waals surface area (Å²) < 4.78 is 25.5. The lowest BCUT2D eigenvalue weighted by Gasteiger charge is -2.37. The van der Waals surface area contributed by atoms with Crippen molar-refractivity contribution >= 4 is 16.7 Å². The highest BCUT2D eigenvalue weighted by atomic mass is 16.6. The van der Waals surface area contributed by atoms with Crippen LogP contribution in [0.3, 0.4) is 0 Å². The van der Waals surface area contributed by atoms with E-state index in [0.29, 0.717) is 33.8 Å². The largest absolute Gasteiger partial charge is 0.497 e. The van der Waals surface area contributed by atoms with Crippen LogP contribution in [-0.2, 0) is 15.1 Å². The molecule has 7 rings (SSSR count). The average Bonchev–Trinajstić information content (AvgIpc) is 3.74. The molecule has 2 N–H and O–H groups in total. The van der Waals surface area contributed by atoms with Gasteiger partial charge < -0.3 is 29.0 Å². The Bertz CT molecular complexity index is 2120. The molecule has 0 amide bonds. The van der Waals surface area contributed by atoms with Crippen LogP contribution in [0.2, 0.25) is 0 Å². The Morgan fingerprint density at radius 3 is 2.10 bits per heavy atom. The first kappa shape index (κ1) is 32.7. The van der Waals surface area contributed by atoms with Gasteiger partial charge in [0.05, 0.1) is 31.9 Å². The second-order valence-electron chi connectivity index (χ2n) is 12.0. The minimum atomic E-state index is -1.11. The Hall–Kier alpha value is -5.82. The topological polar surface area (TPSA) is 151 Å². The van der Waals surface area contributed by atoms with Crippen molar-refractivity contribution in [1.29, 1.82) is 0 Å². The molecule has 0 aliphatic carbocycles. The summed E-state index contributed by atoms with van der Waals surface area (Å²) in [7, 11) is 3.22. The fraction of sp³-hybridized carbons (Fsp3) is 0.211. The maximum Gasteiger partial charge on any atom is 0.351 e. The number of nitrogens with zero attached hydrogens (tertiary/aromatic N) is 3. The number of aliphatic hydroxyl groups is 1. The van der Waals surface area contributed by atoms with Gasteiger partial charge in [-0.05, 0) is 64.7 Å². The van der Waals surface area contributed by atoms with Crippen molar-refractivity contribution in [2.24, 2.45) is 0 Å². The van der Waals surface area contributed by atoms with E-state index in [-0.39, 0.29) is 18.7 Å². The molecular formula is C38H34N4O8. The molecular weight excluding hydrogens is 640 g/mol. The van der Waals surface area contributed by atoms with Gasteiger partial charge in [-0.15, -0.1) is 0 Å². The summed E-state index contributed by atoms with van der Waals surface area (Å²) in [5.74, 6) is 1.39. The van der Waals surface area contributed by atoms with Crippen LogP contribution in [0.5, 0.6) is 11.5 Å². The number of rotatable bonds is 11. The lowest BCUT2D eigenvalue weighted by molar-refractivity contribution is -0.384. The molecule has 0 spiro atoms. The van der Waals surface area contributed by atoms with E-state index in [9.17, 15) is 20.0 Å². The van der Waals surface area contributed by atoms with E-state index in [1.165, 1.54) is 16.7 Å². The number of aliphatic hydroxyl groups excluding tert-OH is 1. The molecule has 2 aromatic heterocycles. The first-order chi connectivity index (χ1) is 24.3. The van der Waals surface area contributed by atoms with Gasteiger partial charge in [0.1, 0.15) is 35.1 Å². The number of benzene rings is 4. The van der Waals surface area contributed by atoms with Gasteiger partial charge in [-0.25, -0.2) is 4.79 Å². The van der Waals surface area contributed by atoms with Crippen LogP contribution in [-0.4, -0.2) is 57.6 Å². The average molecular weight is 675 g/mol. The molecule has 0 unspecified atom stereocenters. The van der Waals surface area contributed by atoms with Crippen molar-refractivity contribution in [1.82, 2.24) is 14.5 Å². The van der Waals surface area contributed by atoms with Gasteiger partial charge in [-0.2, -0.15) is 4.98 Å². The number of H-pyrrole nitrogens is 1. The number of nitrogens with one attached hydrogen (secondary N) is 1. The second-order valence-corrected chi connectivity index (χ2v) is 12.0. The summed E-state index contributed by atoms with van der Waals surface area (Å²) >= 11 is 0. The summed E-state index contributed by atoms with van der Waals surface area (Å²) in [4.78, 5) is 31.2. The summed E-state index contributed by atoms with van der Waals surface area (Å²) in [5, 5.41) is 23.0. The lowest BCUT2D eigenvalue weighted by Crippen LogP contribution is -2.38. The highest BCUT2D eigenvalue weighted by molar-refractivity contribution is 5.82. The van der Waals surface area contributed by atoms with Gasteiger partial charge >= 0.3 is 5.69 Å². The molecule has 6 aromatic rings. The van der Waals surface area contributed by atoms with Crippen LogP contribution in [0.25, 0.3) is 22.3 Å². The molecule has 0 saturated carbocycles. The summed E-state index contributed by atoms with van der Waals surface area (Å²) in [6.45, 7) is -0.0104. The van der Waals surface area contributed by atoms with Crippen molar-refractivity contribution in [3.8, 4) is 22.8 Å². The number of aromatic nitrogens is 3. The smallest absolute Gasteiger partial charge is 0.351 e. The molecule has 0 bridgehead atoms. The van der Waals surface area contributed by atoms with Crippen LogP contribution < -0.4 is 15.2 Å². The predicted molar refractivity (Wildman–Crippen MR) is 185 cm³/mol. The Kier molecular flexibility index (Phi) is 8.89. The number of methoxy groups -OCH3 is 2. The zero-order valence-corrected chi connectivity index (χ0v) is 27.3. The van der Waals surface area contributed by atoms with Gasteiger partial charge in [0.2, 0.25) is 0 Å². The van der Waals surface area contributed by atoms with Gasteiger partial charge in [0, 0.05) is 35.8 Å². The van der Waals surface area contributed by atoms with Crippen LogP contribution in [0.1, 0.15) is 29.3 Å². The van der Waals surface area contributed by atoms with E-state index < -0.39 is 34.6 Å². The fourth-order valence-electron chi connectivity index (χ4n) is 6.45. The Balaban J connectivity index is 1.19. The van der Waals surface area contributed by atoms with Crippen LogP contribution in [0.4, 0.5) is 5.69 Å². The van der Waals surface area contributed by atoms with Crippen molar-refractivity contribution < 1.29 is 29.0 Å². The predicted octanol–water partition coefficient (Wildman–Crippen LogP) is 5.97. The van der Waals surface area contributed by atoms with Gasteiger partial charge in [0.15, 0.2) is 0 Å². The number of ether oxygens (including phenoxy) is 4. The first-order valence-corrected chi connectivity index (χ1v) is 16.0. The third-order valence-corrected chi connectivity index (χ3v) is 9.07. The van der Waals surface area contributed by atoms with Gasteiger partial charge in [-0.3, -0.25) is 14.7 Å². The lowest BCUT2D eigenvalue weighted by atomic mass is 9.80. The molecule has 1 fully saturated rings. The number of fused-ring (bicyclic) bond motifs is 1. The second kappa shape index (κ2) is 13.6. The van der Waals surface area contributed by atoms with Crippen molar-refractivity contribution in [3.63, 3.8) is 0 Å². The third-order valence-electron chi connectivity index (χ3n) is 9.07. The number of aromatic amines is 1. The Labute approximate surface area is 286 Å². The zero-order valence-electron chi connectivity index (χ0n) is 27.3. The number of hydrogen-bond acceptors (Lipinski definition) is 9. The Morgan fingerprint density at radius 1 is 0.920 bits per heavy atom. The van der Waals surface area contributed by atoms with Gasteiger partial charge in [0.25, 0.3) is 5.69 Å². The van der Waals surface area contributed by atoms with E-state index in [2.05, 4.69) is 9.97 Å². The molecule has 4 aromatic carbocycles. The molecule has 3 atom stereocenters. The van der Waals surface area contributed by atoms with E-state index in [0.717, 1.165) is 16.7 Å². The van der Waals surface area contributed by atoms with Crippen molar-refractivity contribution in [3.05, 3.63) is 153 Å². The molecule has 1 aliphatic heterocycles. The minimum absolute atomic E-state index is 0.0104.